The summed E-state index contributed by atoms with van der Waals surface area (Å²) in [5.74, 6) is -0.249. The van der Waals surface area contributed by atoms with Crippen molar-refractivity contribution >= 4 is 5.97 Å². The Hall–Kier alpha value is -0.650. The van der Waals surface area contributed by atoms with Gasteiger partial charge in [-0.05, 0) is 12.8 Å². The predicted molar refractivity (Wildman–Crippen MR) is 204 cm³/mol. The van der Waals surface area contributed by atoms with Gasteiger partial charge >= 0.3 is 5.97 Å². The quantitative estimate of drug-likeness (QED) is 0.0448. The van der Waals surface area contributed by atoms with Crippen LogP contribution in [0.25, 0.3) is 0 Å². The molecule has 0 aromatic heterocycles. The number of nitrogens with two attached hydrogens (primary N) is 1. The number of ether oxygens (including phenoxy) is 1. The van der Waals surface area contributed by atoms with E-state index in [1.807, 2.05) is 0 Å². The van der Waals surface area contributed by atoms with Crippen LogP contribution < -0.4 is 5.73 Å². The van der Waals surface area contributed by atoms with Crippen molar-refractivity contribution in [2.75, 3.05) is 6.61 Å². The van der Waals surface area contributed by atoms with Gasteiger partial charge in [0.15, 0.2) is 0 Å². The summed E-state index contributed by atoms with van der Waals surface area (Å²) >= 11 is 0. The molecule has 47 heavy (non-hydrogen) atoms. The van der Waals surface area contributed by atoms with Crippen molar-refractivity contribution in [1.29, 1.82) is 0 Å². The Morgan fingerprint density at radius 1 is 0.468 bits per heavy atom. The van der Waals surface area contributed by atoms with E-state index in [1.54, 1.807) is 0 Å². The molecule has 0 saturated heterocycles. The first-order chi connectivity index (χ1) is 23.0. The van der Waals surface area contributed by atoms with Crippen LogP contribution in [0.2, 0.25) is 0 Å². The molecule has 0 heterocycles. The Morgan fingerprint density at radius 3 is 1.06 bits per heavy atom. The van der Waals surface area contributed by atoms with Crippen LogP contribution in [0, 0.1) is 0 Å². The zero-order valence-corrected chi connectivity index (χ0v) is 32.0. The molecule has 3 atom stereocenters. The SMILES string of the molecule is CCCCCCCCCCCCCCCCCCCCCCCC(=O)OCC(N)C(O)C(O)CCCCCCCCCCCCCC. The number of rotatable bonds is 39. The largest absolute Gasteiger partial charge is 0.464 e. The van der Waals surface area contributed by atoms with E-state index in [-0.39, 0.29) is 12.6 Å². The molecule has 0 aromatic rings. The minimum atomic E-state index is -1.06. The summed E-state index contributed by atoms with van der Waals surface area (Å²) in [5.41, 5.74) is 6.03. The molecule has 282 valence electrons. The predicted octanol–water partition coefficient (Wildman–Crippen LogP) is 12.3. The van der Waals surface area contributed by atoms with Crippen molar-refractivity contribution in [3.63, 3.8) is 0 Å². The summed E-state index contributed by atoms with van der Waals surface area (Å²) in [6.07, 6.45) is 42.5. The molecule has 0 bridgehead atoms. The monoisotopic (exact) mass is 668 g/mol. The number of unbranched alkanes of at least 4 members (excludes halogenated alkanes) is 31. The van der Waals surface area contributed by atoms with E-state index in [2.05, 4.69) is 13.8 Å². The van der Waals surface area contributed by atoms with Crippen LogP contribution in [-0.4, -0.2) is 41.0 Å². The van der Waals surface area contributed by atoms with E-state index in [9.17, 15) is 15.0 Å². The molecule has 5 heteroatoms. The molecule has 0 spiro atoms. The van der Waals surface area contributed by atoms with Crippen molar-refractivity contribution in [1.82, 2.24) is 0 Å². The van der Waals surface area contributed by atoms with Crippen LogP contribution in [0.1, 0.15) is 239 Å². The maximum Gasteiger partial charge on any atom is 0.305 e. The Bertz CT molecular complexity index is 615. The van der Waals surface area contributed by atoms with Gasteiger partial charge in [0.05, 0.1) is 18.2 Å². The van der Waals surface area contributed by atoms with Crippen LogP contribution in [0.5, 0.6) is 0 Å². The molecule has 0 aromatic carbocycles. The zero-order valence-electron chi connectivity index (χ0n) is 32.0. The molecule has 4 N–H and O–H groups in total. The Labute approximate surface area is 294 Å². The molecule has 5 nitrogen and oxygen atoms in total. The Kier molecular flexibility index (Phi) is 37.6. The lowest BCUT2D eigenvalue weighted by Gasteiger charge is -2.23. The normalized spacial score (nSPS) is 13.6. The molecule has 3 unspecified atom stereocenters. The number of aliphatic hydroxyl groups is 2. The first kappa shape index (κ1) is 46.4. The minimum absolute atomic E-state index is 0.0330. The van der Waals surface area contributed by atoms with Gasteiger partial charge in [-0.2, -0.15) is 0 Å². The highest BCUT2D eigenvalue weighted by Crippen LogP contribution is 2.17. The van der Waals surface area contributed by atoms with Crippen molar-refractivity contribution in [3.05, 3.63) is 0 Å². The fourth-order valence-electron chi connectivity index (χ4n) is 6.71. The molecule has 0 aliphatic carbocycles. The number of hydrogen-bond acceptors (Lipinski definition) is 5. The standard InChI is InChI=1S/C42H85NO4/c1-3-5-7-9-11-13-15-17-18-19-20-21-22-23-24-25-27-29-31-33-35-37-41(45)47-38-39(43)42(46)40(44)36-34-32-30-28-26-16-14-12-10-8-6-4-2/h39-40,42,44,46H,3-38,43H2,1-2H3. The Balaban J connectivity index is 3.44. The van der Waals surface area contributed by atoms with Crippen molar-refractivity contribution in [3.8, 4) is 0 Å². The summed E-state index contributed by atoms with van der Waals surface area (Å²) in [7, 11) is 0. The number of hydrogen-bond donors (Lipinski definition) is 3. The average Bonchev–Trinajstić information content (AvgIpc) is 3.07. The third kappa shape index (κ3) is 35.0. The van der Waals surface area contributed by atoms with Crippen molar-refractivity contribution < 1.29 is 19.7 Å². The van der Waals surface area contributed by atoms with Gasteiger partial charge in [-0.25, -0.2) is 0 Å². The number of carbonyl (C=O) groups is 1. The highest BCUT2D eigenvalue weighted by atomic mass is 16.5. The third-order valence-corrected chi connectivity index (χ3v) is 10.1. The molecule has 0 rings (SSSR count). The van der Waals surface area contributed by atoms with Gasteiger partial charge in [-0.15, -0.1) is 0 Å². The van der Waals surface area contributed by atoms with E-state index in [0.29, 0.717) is 12.8 Å². The summed E-state index contributed by atoms with van der Waals surface area (Å²) in [6, 6.07) is -0.744. The first-order valence-corrected chi connectivity index (χ1v) is 21.3. The van der Waals surface area contributed by atoms with Gasteiger partial charge in [0.25, 0.3) is 0 Å². The van der Waals surface area contributed by atoms with Gasteiger partial charge in [-0.3, -0.25) is 4.79 Å². The van der Waals surface area contributed by atoms with Gasteiger partial charge < -0.3 is 20.7 Å². The first-order valence-electron chi connectivity index (χ1n) is 21.3. The molecule has 0 aliphatic rings. The minimum Gasteiger partial charge on any atom is -0.464 e. The van der Waals surface area contributed by atoms with Gasteiger partial charge in [0.1, 0.15) is 6.61 Å². The van der Waals surface area contributed by atoms with Gasteiger partial charge in [0, 0.05) is 6.42 Å². The van der Waals surface area contributed by atoms with Crippen molar-refractivity contribution in [2.45, 2.75) is 257 Å². The molecular formula is C42H85NO4. The molecule has 0 aliphatic heterocycles. The lowest BCUT2D eigenvalue weighted by molar-refractivity contribution is -0.145. The molecule has 0 fully saturated rings. The summed E-state index contributed by atoms with van der Waals surface area (Å²) in [6.45, 7) is 4.51. The second-order valence-corrected chi connectivity index (χ2v) is 14.9. The number of carbonyl (C=O) groups excluding carboxylic acids is 1. The smallest absolute Gasteiger partial charge is 0.305 e. The molecule has 0 amide bonds. The molecule has 0 radical (unpaired) electrons. The second-order valence-electron chi connectivity index (χ2n) is 14.9. The van der Waals surface area contributed by atoms with Crippen LogP contribution in [0.4, 0.5) is 0 Å². The van der Waals surface area contributed by atoms with Gasteiger partial charge in [0.2, 0.25) is 0 Å². The Morgan fingerprint density at radius 2 is 0.745 bits per heavy atom. The molecule has 0 saturated carbocycles. The summed E-state index contributed by atoms with van der Waals surface area (Å²) in [4.78, 5) is 12.1. The maximum atomic E-state index is 12.1. The van der Waals surface area contributed by atoms with Crippen LogP contribution in [0.3, 0.4) is 0 Å². The van der Waals surface area contributed by atoms with E-state index in [4.69, 9.17) is 10.5 Å². The van der Waals surface area contributed by atoms with E-state index in [1.165, 1.54) is 186 Å². The summed E-state index contributed by atoms with van der Waals surface area (Å²) in [5, 5.41) is 20.7. The lowest BCUT2D eigenvalue weighted by Crippen LogP contribution is -2.46. The lowest BCUT2D eigenvalue weighted by atomic mass is 10.00. The molecular weight excluding hydrogens is 582 g/mol. The third-order valence-electron chi connectivity index (χ3n) is 10.1. The van der Waals surface area contributed by atoms with E-state index >= 15 is 0 Å². The summed E-state index contributed by atoms with van der Waals surface area (Å²) < 4.78 is 5.30. The topological polar surface area (TPSA) is 92.8 Å². The van der Waals surface area contributed by atoms with Gasteiger partial charge in [-0.1, -0.05) is 219 Å². The average molecular weight is 668 g/mol. The fourth-order valence-corrected chi connectivity index (χ4v) is 6.71. The van der Waals surface area contributed by atoms with Crippen molar-refractivity contribution in [2.24, 2.45) is 5.73 Å². The van der Waals surface area contributed by atoms with E-state index in [0.717, 1.165) is 25.7 Å². The number of aliphatic hydroxyl groups excluding tert-OH is 2. The zero-order chi connectivity index (χ0) is 34.5. The highest BCUT2D eigenvalue weighted by Gasteiger charge is 2.24. The fraction of sp³-hybridized carbons (Fsp3) is 0.976. The van der Waals surface area contributed by atoms with E-state index < -0.39 is 18.2 Å². The number of esters is 1. The van der Waals surface area contributed by atoms with Crippen LogP contribution in [0.15, 0.2) is 0 Å². The van der Waals surface area contributed by atoms with Crippen LogP contribution >= 0.6 is 0 Å². The second kappa shape index (κ2) is 38.2. The van der Waals surface area contributed by atoms with Crippen LogP contribution in [-0.2, 0) is 9.53 Å². The maximum absolute atomic E-state index is 12.1. The highest BCUT2D eigenvalue weighted by molar-refractivity contribution is 5.69.